The summed E-state index contributed by atoms with van der Waals surface area (Å²) < 4.78 is 5.76. The number of carbonyl (C=O) groups excluding carboxylic acids is 1. The lowest BCUT2D eigenvalue weighted by Crippen LogP contribution is -2.10. The number of allylic oxidation sites excluding steroid dienone is 4. The van der Waals surface area contributed by atoms with Gasteiger partial charge in [0, 0.05) is 6.42 Å². The van der Waals surface area contributed by atoms with Crippen molar-refractivity contribution in [2.75, 3.05) is 0 Å². The molecule has 1 aliphatic heterocycles. The third-order valence-corrected chi connectivity index (χ3v) is 4.02. The van der Waals surface area contributed by atoms with Crippen molar-refractivity contribution < 1.29 is 9.53 Å². The fraction of sp³-hybridized carbons (Fsp3) is 0.722. The van der Waals surface area contributed by atoms with Crippen LogP contribution in [0, 0.1) is 0 Å². The van der Waals surface area contributed by atoms with Gasteiger partial charge in [-0.15, -0.1) is 0 Å². The van der Waals surface area contributed by atoms with Crippen LogP contribution in [0.5, 0.6) is 0 Å². The van der Waals surface area contributed by atoms with Gasteiger partial charge in [0.25, 0.3) is 0 Å². The minimum absolute atomic E-state index is 0.0200. The molecule has 0 aromatic carbocycles. The Hall–Kier alpha value is -0.890. The van der Waals surface area contributed by atoms with Crippen LogP contribution in [0.3, 0.4) is 0 Å². The highest BCUT2D eigenvalue weighted by Crippen LogP contribution is 2.43. The zero-order valence-electron chi connectivity index (χ0n) is 13.8. The van der Waals surface area contributed by atoms with Crippen molar-refractivity contribution in [1.82, 2.24) is 0 Å². The predicted molar refractivity (Wildman–Crippen MR) is 84.8 cm³/mol. The molecule has 1 saturated heterocycles. The number of Topliss-reactive ketones (excluding diaryl/α,β-unsaturated/α-hetero) is 1. The van der Waals surface area contributed by atoms with E-state index in [4.69, 9.17) is 4.74 Å². The van der Waals surface area contributed by atoms with Gasteiger partial charge in [0.2, 0.25) is 0 Å². The van der Waals surface area contributed by atoms with E-state index in [9.17, 15) is 4.79 Å². The number of carbonyl (C=O) groups is 1. The number of ether oxygens (including phenoxy) is 1. The first-order valence-electron chi connectivity index (χ1n) is 7.80. The lowest BCUT2D eigenvalue weighted by molar-refractivity contribution is -0.117. The standard InChI is InChI=1S/C18H30O2/c1-14(2)8-6-9-15(3)10-7-13-18(5)17(20-18)12-11-16(4)19/h8,10,17H,6-7,9,11-13H2,1-5H3/b15-10+/t17-,18+/m1/s1. The molecule has 1 fully saturated rings. The van der Waals surface area contributed by atoms with Gasteiger partial charge < -0.3 is 9.53 Å². The van der Waals surface area contributed by atoms with Crippen molar-refractivity contribution >= 4 is 5.78 Å². The van der Waals surface area contributed by atoms with E-state index in [1.165, 1.54) is 11.1 Å². The minimum atomic E-state index is 0.0200. The van der Waals surface area contributed by atoms with Crippen LogP contribution in [0.4, 0.5) is 0 Å². The summed E-state index contributed by atoms with van der Waals surface area (Å²) in [5.41, 5.74) is 2.88. The maximum Gasteiger partial charge on any atom is 0.129 e. The van der Waals surface area contributed by atoms with Crippen molar-refractivity contribution in [3.8, 4) is 0 Å². The molecule has 1 heterocycles. The summed E-state index contributed by atoms with van der Waals surface area (Å²) in [5.74, 6) is 0.262. The second-order valence-corrected chi connectivity index (χ2v) is 6.57. The number of epoxide rings is 1. The first-order chi connectivity index (χ1) is 9.33. The summed E-state index contributed by atoms with van der Waals surface area (Å²) in [6.07, 6.45) is 10.9. The van der Waals surface area contributed by atoms with Crippen LogP contribution in [0.2, 0.25) is 0 Å². The Balaban J connectivity index is 2.20. The molecule has 1 rings (SSSR count). The van der Waals surface area contributed by atoms with Crippen LogP contribution in [-0.4, -0.2) is 17.5 Å². The molecule has 0 aromatic rings. The second-order valence-electron chi connectivity index (χ2n) is 6.57. The molecule has 0 bridgehead atoms. The highest BCUT2D eigenvalue weighted by atomic mass is 16.6. The molecule has 20 heavy (non-hydrogen) atoms. The molecule has 0 unspecified atom stereocenters. The number of ketones is 1. The first kappa shape index (κ1) is 17.2. The van der Waals surface area contributed by atoms with E-state index in [0.717, 1.165) is 32.1 Å². The molecule has 0 N–H and O–H groups in total. The summed E-state index contributed by atoms with van der Waals surface area (Å²) in [6, 6.07) is 0. The number of hydrogen-bond acceptors (Lipinski definition) is 2. The molecular weight excluding hydrogens is 248 g/mol. The molecule has 2 nitrogen and oxygen atoms in total. The number of rotatable bonds is 9. The van der Waals surface area contributed by atoms with Crippen molar-refractivity contribution in [3.05, 3.63) is 23.3 Å². The second kappa shape index (κ2) is 7.78. The molecule has 0 radical (unpaired) electrons. The lowest BCUT2D eigenvalue weighted by atomic mass is 9.97. The monoisotopic (exact) mass is 278 g/mol. The molecular formula is C18H30O2. The van der Waals surface area contributed by atoms with E-state index in [1.54, 1.807) is 6.92 Å². The van der Waals surface area contributed by atoms with Crippen molar-refractivity contribution in [2.24, 2.45) is 0 Å². The average molecular weight is 278 g/mol. The van der Waals surface area contributed by atoms with Crippen LogP contribution in [-0.2, 0) is 9.53 Å². The van der Waals surface area contributed by atoms with Crippen LogP contribution >= 0.6 is 0 Å². The highest BCUT2D eigenvalue weighted by Gasteiger charge is 2.50. The number of hydrogen-bond donors (Lipinski definition) is 0. The van der Waals surface area contributed by atoms with E-state index < -0.39 is 0 Å². The largest absolute Gasteiger partial charge is 0.366 e. The van der Waals surface area contributed by atoms with Crippen molar-refractivity contribution in [1.29, 1.82) is 0 Å². The third-order valence-electron chi connectivity index (χ3n) is 4.02. The molecule has 0 aliphatic carbocycles. The van der Waals surface area contributed by atoms with Gasteiger partial charge in [0.05, 0.1) is 11.7 Å². The van der Waals surface area contributed by atoms with Gasteiger partial charge in [-0.05, 0) is 66.7 Å². The van der Waals surface area contributed by atoms with Gasteiger partial charge in [-0.2, -0.15) is 0 Å². The van der Waals surface area contributed by atoms with E-state index in [1.807, 2.05) is 0 Å². The SMILES string of the molecule is CC(=O)CC[C@H]1O[C@@]1(C)CC/C=C(\C)CCC=C(C)C. The Bertz CT molecular complexity index is 388. The zero-order valence-corrected chi connectivity index (χ0v) is 13.8. The minimum Gasteiger partial charge on any atom is -0.366 e. The summed E-state index contributed by atoms with van der Waals surface area (Å²) in [6.45, 7) is 10.3. The molecule has 2 heteroatoms. The van der Waals surface area contributed by atoms with Crippen LogP contribution in [0.15, 0.2) is 23.3 Å². The van der Waals surface area contributed by atoms with Gasteiger partial charge in [0.1, 0.15) is 5.78 Å². The Kier molecular flexibility index (Phi) is 6.67. The molecule has 2 atom stereocenters. The highest BCUT2D eigenvalue weighted by molar-refractivity contribution is 5.75. The van der Waals surface area contributed by atoms with Gasteiger partial charge in [0.15, 0.2) is 0 Å². The summed E-state index contributed by atoms with van der Waals surface area (Å²) in [4.78, 5) is 11.0. The molecule has 0 aromatic heterocycles. The lowest BCUT2D eigenvalue weighted by Gasteiger charge is -2.05. The van der Waals surface area contributed by atoms with Crippen LogP contribution in [0.1, 0.15) is 73.1 Å². The maximum atomic E-state index is 11.0. The van der Waals surface area contributed by atoms with E-state index in [-0.39, 0.29) is 11.4 Å². The van der Waals surface area contributed by atoms with Crippen molar-refractivity contribution in [3.63, 3.8) is 0 Å². The molecule has 114 valence electrons. The third kappa shape index (κ3) is 6.51. The van der Waals surface area contributed by atoms with Gasteiger partial charge in [-0.1, -0.05) is 23.3 Å². The van der Waals surface area contributed by atoms with Gasteiger partial charge in [-0.25, -0.2) is 0 Å². The maximum absolute atomic E-state index is 11.0. The fourth-order valence-electron chi connectivity index (χ4n) is 2.51. The normalized spacial score (nSPS) is 25.4. The van der Waals surface area contributed by atoms with Gasteiger partial charge in [-0.3, -0.25) is 0 Å². The molecule has 0 spiro atoms. The Morgan fingerprint density at radius 3 is 2.40 bits per heavy atom. The first-order valence-corrected chi connectivity index (χ1v) is 7.80. The topological polar surface area (TPSA) is 29.6 Å². The Morgan fingerprint density at radius 2 is 1.80 bits per heavy atom. The predicted octanol–water partition coefficient (Wildman–Crippen LogP) is 4.99. The molecule has 1 aliphatic rings. The average Bonchev–Trinajstić information content (AvgIpc) is 2.97. The summed E-state index contributed by atoms with van der Waals surface area (Å²) in [5, 5.41) is 0. The summed E-state index contributed by atoms with van der Waals surface area (Å²) in [7, 11) is 0. The quantitative estimate of drug-likeness (QED) is 0.439. The van der Waals surface area contributed by atoms with Crippen molar-refractivity contribution in [2.45, 2.75) is 84.8 Å². The van der Waals surface area contributed by atoms with E-state index in [0.29, 0.717) is 12.5 Å². The molecule has 0 saturated carbocycles. The fourth-order valence-corrected chi connectivity index (χ4v) is 2.51. The van der Waals surface area contributed by atoms with E-state index >= 15 is 0 Å². The smallest absolute Gasteiger partial charge is 0.129 e. The molecule has 0 amide bonds. The Morgan fingerprint density at radius 1 is 1.10 bits per heavy atom. The van der Waals surface area contributed by atoms with Gasteiger partial charge >= 0.3 is 0 Å². The van der Waals surface area contributed by atoms with Crippen LogP contribution in [0.25, 0.3) is 0 Å². The summed E-state index contributed by atoms with van der Waals surface area (Å²) >= 11 is 0. The zero-order chi connectivity index (χ0) is 15.2. The van der Waals surface area contributed by atoms with E-state index in [2.05, 4.69) is 39.8 Å². The Labute approximate surface area is 124 Å². The van der Waals surface area contributed by atoms with Crippen LogP contribution < -0.4 is 0 Å².